The quantitative estimate of drug-likeness (QED) is 0.405. The van der Waals surface area contributed by atoms with Crippen LogP contribution in [0.3, 0.4) is 0 Å². The molecule has 0 radical (unpaired) electrons. The van der Waals surface area contributed by atoms with Gasteiger partial charge in [-0.15, -0.1) is 12.3 Å². The van der Waals surface area contributed by atoms with E-state index in [9.17, 15) is 0 Å². The second kappa shape index (κ2) is 7.63. The number of hydrogen-bond donors (Lipinski definition) is 0. The molecule has 0 amide bonds. The lowest BCUT2D eigenvalue weighted by molar-refractivity contribution is 0.679. The van der Waals surface area contributed by atoms with Crippen LogP contribution in [0.1, 0.15) is 32.1 Å². The monoisotopic (exact) mass is 266 g/mol. The summed E-state index contributed by atoms with van der Waals surface area (Å²) in [5.41, 5.74) is 0. The Bertz CT molecular complexity index is 102. The Hall–Kier alpha value is 0.520. The van der Waals surface area contributed by atoms with Crippen molar-refractivity contribution in [3.63, 3.8) is 0 Å². The molecule has 58 valence electrons. The first-order valence-electron chi connectivity index (χ1n) is 3.49. The third-order valence-electron chi connectivity index (χ3n) is 1.24. The molecule has 0 aromatic rings. The number of alkyl halides is 2. The Morgan fingerprint density at radius 2 is 1.90 bits per heavy atom. The largest absolute Gasteiger partial charge is 0.120 e. The second-order valence-corrected chi connectivity index (χ2v) is 5.63. The van der Waals surface area contributed by atoms with Crippen molar-refractivity contribution >= 4 is 31.9 Å². The maximum atomic E-state index is 5.10. The molecule has 0 spiro atoms. The highest BCUT2D eigenvalue weighted by Crippen LogP contribution is 2.16. The molecule has 0 aliphatic heterocycles. The highest BCUT2D eigenvalue weighted by Gasteiger charge is 1.95. The van der Waals surface area contributed by atoms with Gasteiger partial charge in [-0.3, -0.25) is 0 Å². The van der Waals surface area contributed by atoms with Crippen molar-refractivity contribution in [3.8, 4) is 12.3 Å². The maximum Gasteiger partial charge on any atom is 0.0697 e. The Kier molecular flexibility index (Phi) is 8.02. The Balaban J connectivity index is 2.86. The molecule has 0 fully saturated rings. The summed E-state index contributed by atoms with van der Waals surface area (Å²) >= 11 is 6.84. The minimum atomic E-state index is 0.478. The fourth-order valence-electron chi connectivity index (χ4n) is 0.702. The smallest absolute Gasteiger partial charge is 0.0697 e. The molecule has 0 rings (SSSR count). The van der Waals surface area contributed by atoms with Gasteiger partial charge in [0.2, 0.25) is 0 Å². The van der Waals surface area contributed by atoms with Gasteiger partial charge in [0, 0.05) is 6.42 Å². The van der Waals surface area contributed by atoms with E-state index < -0.39 is 0 Å². The van der Waals surface area contributed by atoms with Crippen LogP contribution in [0.4, 0.5) is 0 Å². The van der Waals surface area contributed by atoms with Gasteiger partial charge >= 0.3 is 0 Å². The topological polar surface area (TPSA) is 0 Å². The van der Waals surface area contributed by atoms with E-state index in [-0.39, 0.29) is 0 Å². The molecule has 0 atom stereocenters. The zero-order valence-corrected chi connectivity index (χ0v) is 9.12. The van der Waals surface area contributed by atoms with Crippen molar-refractivity contribution in [1.29, 1.82) is 0 Å². The van der Waals surface area contributed by atoms with E-state index in [4.69, 9.17) is 6.42 Å². The minimum Gasteiger partial charge on any atom is -0.120 e. The first kappa shape index (κ1) is 10.5. The molecule has 0 aromatic heterocycles. The van der Waals surface area contributed by atoms with E-state index in [1.165, 1.54) is 25.7 Å². The van der Waals surface area contributed by atoms with E-state index in [1.807, 2.05) is 0 Å². The van der Waals surface area contributed by atoms with Crippen molar-refractivity contribution in [2.45, 2.75) is 35.8 Å². The second-order valence-electron chi connectivity index (χ2n) is 2.19. The molecule has 0 aromatic carbocycles. The molecular weight excluding hydrogens is 256 g/mol. The van der Waals surface area contributed by atoms with E-state index >= 15 is 0 Å². The Morgan fingerprint density at radius 1 is 1.20 bits per heavy atom. The predicted molar refractivity (Wildman–Crippen MR) is 53.6 cm³/mol. The van der Waals surface area contributed by atoms with Crippen molar-refractivity contribution in [2.24, 2.45) is 0 Å². The van der Waals surface area contributed by atoms with E-state index in [1.54, 1.807) is 0 Å². The van der Waals surface area contributed by atoms with Gasteiger partial charge in [0.25, 0.3) is 0 Å². The van der Waals surface area contributed by atoms with Crippen LogP contribution in [-0.2, 0) is 0 Å². The van der Waals surface area contributed by atoms with Crippen molar-refractivity contribution in [1.82, 2.24) is 0 Å². The summed E-state index contributed by atoms with van der Waals surface area (Å²) in [5, 5.41) is 0. The van der Waals surface area contributed by atoms with Gasteiger partial charge in [0.1, 0.15) is 0 Å². The lowest BCUT2D eigenvalue weighted by Crippen LogP contribution is -1.84. The van der Waals surface area contributed by atoms with Gasteiger partial charge in [-0.1, -0.05) is 44.7 Å². The third kappa shape index (κ3) is 8.52. The summed E-state index contributed by atoms with van der Waals surface area (Å²) in [4.78, 5) is 0. The summed E-state index contributed by atoms with van der Waals surface area (Å²) in [6.45, 7) is 0. The van der Waals surface area contributed by atoms with Crippen LogP contribution in [0, 0.1) is 12.3 Å². The first-order chi connectivity index (χ1) is 4.77. The Labute approximate surface area is 80.0 Å². The number of rotatable bonds is 5. The van der Waals surface area contributed by atoms with Crippen molar-refractivity contribution in [3.05, 3.63) is 0 Å². The minimum absolute atomic E-state index is 0.478. The van der Waals surface area contributed by atoms with Crippen molar-refractivity contribution < 1.29 is 0 Å². The van der Waals surface area contributed by atoms with Gasteiger partial charge in [-0.05, 0) is 12.8 Å². The summed E-state index contributed by atoms with van der Waals surface area (Å²) in [7, 11) is 0. The van der Waals surface area contributed by atoms with E-state index in [0.717, 1.165) is 6.42 Å². The van der Waals surface area contributed by atoms with Crippen LogP contribution in [0.2, 0.25) is 0 Å². The number of hydrogen-bond acceptors (Lipinski definition) is 0. The molecule has 0 N–H and O–H groups in total. The lowest BCUT2D eigenvalue weighted by atomic mass is 10.2. The molecule has 0 bridgehead atoms. The first-order valence-corrected chi connectivity index (χ1v) is 5.32. The summed E-state index contributed by atoms with van der Waals surface area (Å²) in [6, 6.07) is 0. The molecule has 0 heterocycles. The van der Waals surface area contributed by atoms with E-state index in [2.05, 4.69) is 37.8 Å². The average Bonchev–Trinajstić information content (AvgIpc) is 1.87. The fourth-order valence-corrected chi connectivity index (χ4v) is 1.35. The number of halogens is 2. The van der Waals surface area contributed by atoms with Crippen molar-refractivity contribution in [2.75, 3.05) is 0 Å². The summed E-state index contributed by atoms with van der Waals surface area (Å²) in [5.74, 6) is 2.63. The molecule has 0 saturated heterocycles. The Morgan fingerprint density at radius 3 is 2.40 bits per heavy atom. The molecular formula is C8H12Br2. The SMILES string of the molecule is C#CCCCCCC(Br)Br. The predicted octanol–water partition coefficient (Wildman–Crippen LogP) is 3.69. The molecule has 0 saturated carbocycles. The zero-order valence-electron chi connectivity index (χ0n) is 5.95. The molecule has 0 aliphatic carbocycles. The van der Waals surface area contributed by atoms with Crippen LogP contribution in [-0.4, -0.2) is 3.74 Å². The molecule has 0 nitrogen and oxygen atoms in total. The van der Waals surface area contributed by atoms with Crippen LogP contribution < -0.4 is 0 Å². The van der Waals surface area contributed by atoms with E-state index in [0.29, 0.717) is 3.74 Å². The zero-order chi connectivity index (χ0) is 7.82. The molecule has 0 aliphatic rings. The fraction of sp³-hybridized carbons (Fsp3) is 0.750. The average molecular weight is 268 g/mol. The maximum absolute atomic E-state index is 5.10. The van der Waals surface area contributed by atoms with Crippen LogP contribution in [0.25, 0.3) is 0 Å². The molecule has 10 heavy (non-hydrogen) atoms. The summed E-state index contributed by atoms with van der Waals surface area (Å²) in [6.07, 6.45) is 10.9. The highest BCUT2D eigenvalue weighted by atomic mass is 79.9. The summed E-state index contributed by atoms with van der Waals surface area (Å²) < 4.78 is 0.478. The van der Waals surface area contributed by atoms with Crippen LogP contribution >= 0.6 is 31.9 Å². The van der Waals surface area contributed by atoms with Gasteiger partial charge in [-0.25, -0.2) is 0 Å². The lowest BCUT2D eigenvalue weighted by Gasteiger charge is -1.98. The van der Waals surface area contributed by atoms with Crippen LogP contribution in [0.5, 0.6) is 0 Å². The number of terminal acetylenes is 1. The normalized spacial score (nSPS) is 9.80. The molecule has 0 unspecified atom stereocenters. The van der Waals surface area contributed by atoms with Gasteiger partial charge in [0.15, 0.2) is 0 Å². The van der Waals surface area contributed by atoms with Gasteiger partial charge < -0.3 is 0 Å². The van der Waals surface area contributed by atoms with Gasteiger partial charge in [0.05, 0.1) is 3.74 Å². The van der Waals surface area contributed by atoms with Gasteiger partial charge in [-0.2, -0.15) is 0 Å². The standard InChI is InChI=1S/C8H12Br2/c1-2-3-4-5-6-7-8(9)10/h1,8H,3-7H2. The third-order valence-corrected chi connectivity index (χ3v) is 2.16. The molecule has 2 heteroatoms. The number of unbranched alkanes of at least 4 members (excludes halogenated alkanes) is 3. The van der Waals surface area contributed by atoms with Crippen LogP contribution in [0.15, 0.2) is 0 Å². The highest BCUT2D eigenvalue weighted by molar-refractivity contribution is 9.24.